The molecule has 0 amide bonds. The molecule has 0 spiro atoms. The maximum Gasteiger partial charge on any atom is 0.119 e. The quantitative estimate of drug-likeness (QED) is 0.827. The predicted octanol–water partition coefficient (Wildman–Crippen LogP) is 1.85. The van der Waals surface area contributed by atoms with E-state index in [1.54, 1.807) is 0 Å². The summed E-state index contributed by atoms with van der Waals surface area (Å²) in [5, 5.41) is 8.74. The van der Waals surface area contributed by atoms with Crippen LogP contribution in [-0.4, -0.2) is 55.6 Å². The molecule has 1 heterocycles. The van der Waals surface area contributed by atoms with E-state index in [-0.39, 0.29) is 6.61 Å². The molecule has 0 atom stereocenters. The number of aliphatic hydroxyl groups excluding tert-OH is 1. The molecular weight excluding hydrogens is 254 g/mol. The fourth-order valence-corrected chi connectivity index (χ4v) is 2.45. The third-order valence-corrected chi connectivity index (χ3v) is 3.68. The number of piperidine rings is 1. The highest BCUT2D eigenvalue weighted by molar-refractivity contribution is 5.26. The van der Waals surface area contributed by atoms with Gasteiger partial charge in [0.15, 0.2) is 0 Å². The monoisotopic (exact) mass is 279 g/mol. The molecule has 20 heavy (non-hydrogen) atoms. The molecule has 1 aromatic carbocycles. The van der Waals surface area contributed by atoms with Crippen molar-refractivity contribution in [3.8, 4) is 5.75 Å². The van der Waals surface area contributed by atoms with E-state index in [0.717, 1.165) is 44.8 Å². The minimum Gasteiger partial charge on any atom is -0.492 e. The third kappa shape index (κ3) is 5.12. The summed E-state index contributed by atoms with van der Waals surface area (Å²) in [7, 11) is 0. The Balaban J connectivity index is 1.60. The van der Waals surface area contributed by atoms with E-state index < -0.39 is 0 Å². The Morgan fingerprint density at radius 3 is 2.50 bits per heavy atom. The van der Waals surface area contributed by atoms with Crippen LogP contribution < -0.4 is 4.74 Å². The van der Waals surface area contributed by atoms with Gasteiger partial charge in [0.1, 0.15) is 12.4 Å². The van der Waals surface area contributed by atoms with Gasteiger partial charge in [-0.25, -0.2) is 0 Å². The lowest BCUT2D eigenvalue weighted by molar-refractivity contribution is -0.00923. The fourth-order valence-electron chi connectivity index (χ4n) is 2.45. The molecule has 1 aliphatic heterocycles. The lowest BCUT2D eigenvalue weighted by Crippen LogP contribution is -2.39. The van der Waals surface area contributed by atoms with Gasteiger partial charge in [0.05, 0.1) is 19.3 Å². The van der Waals surface area contributed by atoms with Crippen molar-refractivity contribution < 1.29 is 14.6 Å². The summed E-state index contributed by atoms with van der Waals surface area (Å²) in [6.07, 6.45) is 2.41. The SMILES string of the molecule is Cc1ccc(OCCN2CCC(OCCO)CC2)cc1. The molecule has 4 heteroatoms. The maximum atomic E-state index is 8.74. The van der Waals surface area contributed by atoms with Gasteiger partial charge in [0, 0.05) is 19.6 Å². The molecule has 1 saturated heterocycles. The smallest absolute Gasteiger partial charge is 0.119 e. The van der Waals surface area contributed by atoms with E-state index in [0.29, 0.717) is 12.7 Å². The molecule has 1 aromatic rings. The molecule has 0 aromatic heterocycles. The molecule has 2 rings (SSSR count). The minimum atomic E-state index is 0.116. The van der Waals surface area contributed by atoms with Crippen LogP contribution in [0.4, 0.5) is 0 Å². The summed E-state index contributed by atoms with van der Waals surface area (Å²) < 4.78 is 11.3. The topological polar surface area (TPSA) is 41.9 Å². The number of aryl methyl sites for hydroxylation is 1. The van der Waals surface area contributed by atoms with E-state index in [1.165, 1.54) is 5.56 Å². The van der Waals surface area contributed by atoms with Crippen molar-refractivity contribution in [2.24, 2.45) is 0 Å². The maximum absolute atomic E-state index is 8.74. The summed E-state index contributed by atoms with van der Waals surface area (Å²) in [5.41, 5.74) is 1.25. The van der Waals surface area contributed by atoms with Crippen molar-refractivity contribution in [1.29, 1.82) is 0 Å². The Labute approximate surface area is 121 Å². The van der Waals surface area contributed by atoms with E-state index in [2.05, 4.69) is 24.0 Å². The summed E-state index contributed by atoms with van der Waals surface area (Å²) in [6.45, 7) is 6.44. The molecule has 0 unspecified atom stereocenters. The number of nitrogens with zero attached hydrogens (tertiary/aromatic N) is 1. The van der Waals surface area contributed by atoms with E-state index in [4.69, 9.17) is 14.6 Å². The van der Waals surface area contributed by atoms with Gasteiger partial charge in [-0.1, -0.05) is 17.7 Å². The number of hydrogen-bond donors (Lipinski definition) is 1. The summed E-state index contributed by atoms with van der Waals surface area (Å²) in [4.78, 5) is 2.41. The van der Waals surface area contributed by atoms with E-state index in [9.17, 15) is 0 Å². The molecule has 0 bridgehead atoms. The summed E-state index contributed by atoms with van der Waals surface area (Å²) in [5.74, 6) is 0.941. The average Bonchev–Trinajstić information content (AvgIpc) is 2.48. The highest BCUT2D eigenvalue weighted by Gasteiger charge is 2.19. The fraction of sp³-hybridized carbons (Fsp3) is 0.625. The van der Waals surface area contributed by atoms with Crippen LogP contribution in [0.15, 0.2) is 24.3 Å². The van der Waals surface area contributed by atoms with Gasteiger partial charge in [-0.2, -0.15) is 0 Å². The van der Waals surface area contributed by atoms with Crippen molar-refractivity contribution in [1.82, 2.24) is 4.90 Å². The number of rotatable bonds is 7. The first-order valence-corrected chi connectivity index (χ1v) is 7.42. The van der Waals surface area contributed by atoms with E-state index >= 15 is 0 Å². The van der Waals surface area contributed by atoms with Crippen LogP contribution in [-0.2, 0) is 4.74 Å². The van der Waals surface area contributed by atoms with E-state index in [1.807, 2.05) is 12.1 Å². The first kappa shape index (κ1) is 15.3. The zero-order valence-corrected chi connectivity index (χ0v) is 12.3. The lowest BCUT2D eigenvalue weighted by atomic mass is 10.1. The molecule has 1 N–H and O–H groups in total. The van der Waals surface area contributed by atoms with Crippen LogP contribution >= 0.6 is 0 Å². The van der Waals surface area contributed by atoms with Gasteiger partial charge < -0.3 is 14.6 Å². The lowest BCUT2D eigenvalue weighted by Gasteiger charge is -2.31. The van der Waals surface area contributed by atoms with Crippen LogP contribution in [0.5, 0.6) is 5.75 Å². The number of aliphatic hydroxyl groups is 1. The average molecular weight is 279 g/mol. The van der Waals surface area contributed by atoms with Crippen molar-refractivity contribution in [3.63, 3.8) is 0 Å². The molecule has 4 nitrogen and oxygen atoms in total. The summed E-state index contributed by atoms with van der Waals surface area (Å²) >= 11 is 0. The van der Waals surface area contributed by atoms with Crippen molar-refractivity contribution >= 4 is 0 Å². The second-order valence-electron chi connectivity index (χ2n) is 5.30. The Kier molecular flexibility index (Phi) is 6.30. The number of likely N-dealkylation sites (tertiary alicyclic amines) is 1. The zero-order valence-electron chi connectivity index (χ0n) is 12.3. The Bertz CT molecular complexity index is 372. The van der Waals surface area contributed by atoms with Gasteiger partial charge in [0.25, 0.3) is 0 Å². The molecule has 0 saturated carbocycles. The first-order chi connectivity index (χ1) is 9.78. The van der Waals surface area contributed by atoms with Crippen LogP contribution in [0.3, 0.4) is 0 Å². The second kappa shape index (κ2) is 8.25. The standard InChI is InChI=1S/C16H25NO3/c1-14-2-4-15(5-3-14)19-12-10-17-8-6-16(7-9-17)20-13-11-18/h2-5,16,18H,6-13H2,1H3. The molecule has 0 radical (unpaired) electrons. The Morgan fingerprint density at radius 1 is 1.15 bits per heavy atom. The first-order valence-electron chi connectivity index (χ1n) is 7.42. The van der Waals surface area contributed by atoms with Crippen LogP contribution in [0.25, 0.3) is 0 Å². The molecular formula is C16H25NO3. The highest BCUT2D eigenvalue weighted by atomic mass is 16.5. The Morgan fingerprint density at radius 2 is 1.85 bits per heavy atom. The minimum absolute atomic E-state index is 0.116. The zero-order chi connectivity index (χ0) is 14.2. The Hall–Kier alpha value is -1.10. The molecule has 1 fully saturated rings. The van der Waals surface area contributed by atoms with Crippen molar-refractivity contribution in [2.45, 2.75) is 25.9 Å². The van der Waals surface area contributed by atoms with Gasteiger partial charge in [0.2, 0.25) is 0 Å². The second-order valence-corrected chi connectivity index (χ2v) is 5.30. The molecule has 1 aliphatic rings. The third-order valence-electron chi connectivity index (χ3n) is 3.68. The summed E-state index contributed by atoms with van der Waals surface area (Å²) in [6, 6.07) is 8.17. The normalized spacial score (nSPS) is 17.3. The van der Waals surface area contributed by atoms with Gasteiger partial charge in [-0.05, 0) is 31.9 Å². The molecule has 112 valence electrons. The van der Waals surface area contributed by atoms with Crippen molar-refractivity contribution in [3.05, 3.63) is 29.8 Å². The number of ether oxygens (including phenoxy) is 2. The molecule has 0 aliphatic carbocycles. The van der Waals surface area contributed by atoms with Crippen LogP contribution in [0.1, 0.15) is 18.4 Å². The van der Waals surface area contributed by atoms with Crippen LogP contribution in [0.2, 0.25) is 0 Å². The van der Waals surface area contributed by atoms with Crippen molar-refractivity contribution in [2.75, 3.05) is 39.5 Å². The van der Waals surface area contributed by atoms with Gasteiger partial charge >= 0.3 is 0 Å². The predicted molar refractivity (Wildman–Crippen MR) is 79.2 cm³/mol. The number of benzene rings is 1. The van der Waals surface area contributed by atoms with Crippen LogP contribution in [0, 0.1) is 6.92 Å². The number of hydrogen-bond acceptors (Lipinski definition) is 4. The van der Waals surface area contributed by atoms with Gasteiger partial charge in [-0.3, -0.25) is 4.90 Å². The van der Waals surface area contributed by atoms with Gasteiger partial charge in [-0.15, -0.1) is 0 Å². The highest BCUT2D eigenvalue weighted by Crippen LogP contribution is 2.14. The largest absolute Gasteiger partial charge is 0.492 e.